The van der Waals surface area contributed by atoms with E-state index in [1.165, 1.54) is 0 Å². The molecule has 0 aromatic heterocycles. The molecule has 0 saturated heterocycles. The van der Waals surface area contributed by atoms with Crippen LogP contribution in [0.2, 0.25) is 0 Å². The summed E-state index contributed by atoms with van der Waals surface area (Å²) < 4.78 is 0.349. The molecule has 0 rings (SSSR count). The van der Waals surface area contributed by atoms with Crippen molar-refractivity contribution in [3.63, 3.8) is 0 Å². The molecule has 0 fully saturated rings. The van der Waals surface area contributed by atoms with Gasteiger partial charge in [0.05, 0.1) is 0 Å². The van der Waals surface area contributed by atoms with Crippen LogP contribution in [0.25, 0.3) is 0 Å². The highest BCUT2D eigenvalue weighted by Gasteiger charge is 2.12. The van der Waals surface area contributed by atoms with Gasteiger partial charge in [0.2, 0.25) is 0 Å². The molecular weight excluding hydrogens is 176 g/mol. The third-order valence-corrected chi connectivity index (χ3v) is 4.11. The molecule has 0 saturated carbocycles. The van der Waals surface area contributed by atoms with Gasteiger partial charge in [-0.25, -0.2) is 0 Å². The first-order valence-electron chi connectivity index (χ1n) is 4.81. The van der Waals surface area contributed by atoms with Gasteiger partial charge in [0.15, 0.2) is 0 Å². The van der Waals surface area contributed by atoms with Gasteiger partial charge in [0.1, 0.15) is 0 Å². The molecule has 1 heteroatoms. The Morgan fingerprint density at radius 3 is 1.85 bits per heavy atom. The van der Waals surface area contributed by atoms with Gasteiger partial charge in [0, 0.05) is 10.5 Å². The molecule has 0 nitrogen and oxygen atoms in total. The zero-order chi connectivity index (χ0) is 10.7. The Hall–Kier alpha value is -0.0400. The molecule has 0 N–H and O–H groups in total. The molecular formula is C12H24S. The van der Waals surface area contributed by atoms with E-state index >= 15 is 0 Å². The highest BCUT2D eigenvalue weighted by atomic mass is 32.2. The minimum atomic E-state index is 0.241. The van der Waals surface area contributed by atoms with Crippen LogP contribution in [0.15, 0.2) is 12.2 Å². The lowest BCUT2D eigenvalue weighted by molar-refractivity contribution is 0.543. The van der Waals surface area contributed by atoms with Gasteiger partial charge in [0.25, 0.3) is 0 Å². The van der Waals surface area contributed by atoms with Crippen molar-refractivity contribution in [3.8, 4) is 0 Å². The lowest BCUT2D eigenvalue weighted by atomic mass is 9.97. The van der Waals surface area contributed by atoms with Crippen LogP contribution in [0.4, 0.5) is 0 Å². The molecule has 0 aliphatic rings. The second-order valence-corrected chi connectivity index (χ2v) is 8.08. The molecule has 0 spiro atoms. The van der Waals surface area contributed by atoms with E-state index in [4.69, 9.17) is 0 Å². The summed E-state index contributed by atoms with van der Waals surface area (Å²) >= 11 is 0. The monoisotopic (exact) mass is 200 g/mol. The summed E-state index contributed by atoms with van der Waals surface area (Å²) in [5.41, 5.74) is 0.308. The Balaban J connectivity index is 4.06. The zero-order valence-corrected chi connectivity index (χ0v) is 10.8. The standard InChI is InChI=1S/C12H24S/c1-11(2,3)9-8-10-13(7)12(4,5)6/h8-9H,7,10H2,1-6H3/b9-8-. The minimum absolute atomic E-state index is 0.241. The molecule has 0 bridgehead atoms. The van der Waals surface area contributed by atoms with Crippen molar-refractivity contribution in [2.75, 3.05) is 5.75 Å². The molecule has 0 aromatic carbocycles. The van der Waals surface area contributed by atoms with Crippen LogP contribution in [0.3, 0.4) is 0 Å². The summed E-state index contributed by atoms with van der Waals surface area (Å²) in [6.45, 7) is 13.4. The zero-order valence-electron chi connectivity index (χ0n) is 9.98. The highest BCUT2D eigenvalue weighted by Crippen LogP contribution is 2.29. The van der Waals surface area contributed by atoms with Gasteiger partial charge in [-0.05, 0) is 5.41 Å². The topological polar surface area (TPSA) is 0 Å². The second-order valence-electron chi connectivity index (χ2n) is 5.54. The maximum absolute atomic E-state index is 4.21. The third kappa shape index (κ3) is 7.06. The van der Waals surface area contributed by atoms with Crippen molar-refractivity contribution >= 4 is 16.4 Å². The number of rotatable bonds is 2. The molecule has 0 heterocycles. The van der Waals surface area contributed by atoms with Crippen LogP contribution in [0, 0.1) is 5.41 Å². The quantitative estimate of drug-likeness (QED) is 0.465. The Bertz CT molecular complexity index is 198. The van der Waals surface area contributed by atoms with E-state index in [2.05, 4.69) is 59.6 Å². The average Bonchev–Trinajstić information content (AvgIpc) is 1.82. The first-order valence-corrected chi connectivity index (χ1v) is 6.37. The van der Waals surface area contributed by atoms with Crippen LogP contribution in [-0.2, 0) is 0 Å². The van der Waals surface area contributed by atoms with Crippen molar-refractivity contribution in [2.45, 2.75) is 46.3 Å². The predicted molar refractivity (Wildman–Crippen MR) is 67.9 cm³/mol. The molecule has 0 aliphatic carbocycles. The molecule has 13 heavy (non-hydrogen) atoms. The first kappa shape index (κ1) is 13.0. The van der Waals surface area contributed by atoms with Crippen molar-refractivity contribution in [2.24, 2.45) is 5.41 Å². The minimum Gasteiger partial charge on any atom is -0.184 e. The van der Waals surface area contributed by atoms with E-state index in [1.54, 1.807) is 0 Å². The summed E-state index contributed by atoms with van der Waals surface area (Å²) in [4.78, 5) is 0. The maximum atomic E-state index is 4.21. The Kier molecular flexibility index (Phi) is 4.44. The van der Waals surface area contributed by atoms with Gasteiger partial charge in [-0.2, -0.15) is 10.5 Å². The van der Waals surface area contributed by atoms with Crippen molar-refractivity contribution in [1.29, 1.82) is 0 Å². The summed E-state index contributed by atoms with van der Waals surface area (Å²) in [6.07, 6.45) is 4.56. The van der Waals surface area contributed by atoms with Gasteiger partial charge in [-0.3, -0.25) is 0 Å². The second kappa shape index (κ2) is 4.45. The van der Waals surface area contributed by atoms with Crippen molar-refractivity contribution < 1.29 is 0 Å². The molecule has 0 radical (unpaired) electrons. The van der Waals surface area contributed by atoms with Crippen molar-refractivity contribution in [1.82, 2.24) is 0 Å². The van der Waals surface area contributed by atoms with Crippen LogP contribution < -0.4 is 0 Å². The van der Waals surface area contributed by atoms with Gasteiger partial charge >= 0.3 is 0 Å². The van der Waals surface area contributed by atoms with Crippen LogP contribution in [0.1, 0.15) is 41.5 Å². The normalized spacial score (nSPS) is 16.5. The van der Waals surface area contributed by atoms with Gasteiger partial charge in [-0.15, -0.1) is 0 Å². The number of hydrogen-bond acceptors (Lipinski definition) is 0. The number of hydrogen-bond donors (Lipinski definition) is 0. The molecule has 1 unspecified atom stereocenters. The largest absolute Gasteiger partial charge is 0.184 e. The van der Waals surface area contributed by atoms with E-state index in [0.717, 1.165) is 5.75 Å². The lowest BCUT2D eigenvalue weighted by Gasteiger charge is -2.22. The summed E-state index contributed by atoms with van der Waals surface area (Å²) in [5, 5.41) is 0. The van der Waals surface area contributed by atoms with Crippen LogP contribution in [0.5, 0.6) is 0 Å². The van der Waals surface area contributed by atoms with Crippen LogP contribution in [-0.4, -0.2) is 16.4 Å². The fourth-order valence-corrected chi connectivity index (χ4v) is 1.60. The van der Waals surface area contributed by atoms with E-state index in [9.17, 15) is 0 Å². The maximum Gasteiger partial charge on any atom is 0.00628 e. The fourth-order valence-electron chi connectivity index (χ4n) is 0.768. The Morgan fingerprint density at radius 2 is 1.54 bits per heavy atom. The van der Waals surface area contributed by atoms with E-state index < -0.39 is 0 Å². The summed E-state index contributed by atoms with van der Waals surface area (Å²) in [6, 6.07) is 0. The lowest BCUT2D eigenvalue weighted by Crippen LogP contribution is -2.11. The SMILES string of the molecule is C=S(C/C=C\C(C)(C)C)C(C)(C)C. The third-order valence-electron chi connectivity index (χ3n) is 1.78. The summed E-state index contributed by atoms with van der Waals surface area (Å²) in [7, 11) is 0.241. The van der Waals surface area contributed by atoms with Crippen LogP contribution >= 0.6 is 10.5 Å². The van der Waals surface area contributed by atoms with E-state index in [-0.39, 0.29) is 10.5 Å². The first-order chi connectivity index (χ1) is 5.63. The van der Waals surface area contributed by atoms with E-state index in [1.807, 2.05) is 0 Å². The average molecular weight is 200 g/mol. The highest BCUT2D eigenvalue weighted by molar-refractivity contribution is 8.15. The number of allylic oxidation sites excluding steroid dienone is 1. The molecule has 78 valence electrons. The Labute approximate surface area is 86.4 Å². The predicted octanol–water partition coefficient (Wildman–Crippen LogP) is 4.09. The fraction of sp³-hybridized carbons (Fsp3) is 0.750. The molecule has 0 aromatic rings. The van der Waals surface area contributed by atoms with E-state index in [0.29, 0.717) is 10.2 Å². The molecule has 1 atom stereocenters. The van der Waals surface area contributed by atoms with Crippen molar-refractivity contribution in [3.05, 3.63) is 12.2 Å². The Morgan fingerprint density at radius 1 is 1.08 bits per heavy atom. The smallest absolute Gasteiger partial charge is 0.00628 e. The van der Waals surface area contributed by atoms with Gasteiger partial charge in [-0.1, -0.05) is 59.6 Å². The van der Waals surface area contributed by atoms with Gasteiger partial charge < -0.3 is 0 Å². The molecule has 0 aliphatic heterocycles. The summed E-state index contributed by atoms with van der Waals surface area (Å²) in [5.74, 6) is 5.32. The molecule has 0 amide bonds.